The van der Waals surface area contributed by atoms with E-state index in [4.69, 9.17) is 14.2 Å². The summed E-state index contributed by atoms with van der Waals surface area (Å²) in [5.41, 5.74) is 1.98. The van der Waals surface area contributed by atoms with Gasteiger partial charge in [-0.3, -0.25) is 9.59 Å². The lowest BCUT2D eigenvalue weighted by Crippen LogP contribution is -2.28. The summed E-state index contributed by atoms with van der Waals surface area (Å²) >= 11 is 0. The maximum absolute atomic E-state index is 13.0. The molecule has 31 heavy (non-hydrogen) atoms. The highest BCUT2D eigenvalue weighted by molar-refractivity contribution is 6.09. The molecular formula is C25H27NO5. The summed E-state index contributed by atoms with van der Waals surface area (Å²) in [5, 5.41) is 2.81. The molecule has 6 nitrogen and oxygen atoms in total. The summed E-state index contributed by atoms with van der Waals surface area (Å²) in [6.07, 6.45) is 7.40. The summed E-state index contributed by atoms with van der Waals surface area (Å²) in [6, 6.07) is 8.80. The monoisotopic (exact) mass is 421 g/mol. The van der Waals surface area contributed by atoms with E-state index in [9.17, 15) is 9.59 Å². The number of hydrogen-bond donors (Lipinski definition) is 1. The van der Waals surface area contributed by atoms with Crippen molar-refractivity contribution < 1.29 is 23.8 Å². The van der Waals surface area contributed by atoms with Crippen LogP contribution in [0.5, 0.6) is 17.2 Å². The van der Waals surface area contributed by atoms with Crippen molar-refractivity contribution in [3.63, 3.8) is 0 Å². The quantitative estimate of drug-likeness (QED) is 0.495. The van der Waals surface area contributed by atoms with Gasteiger partial charge in [0.1, 0.15) is 22.8 Å². The Labute approximate surface area is 182 Å². The zero-order valence-electron chi connectivity index (χ0n) is 18.4. The zero-order chi connectivity index (χ0) is 22.6. The molecule has 2 aromatic carbocycles. The van der Waals surface area contributed by atoms with E-state index < -0.39 is 5.60 Å². The zero-order valence-corrected chi connectivity index (χ0v) is 18.4. The summed E-state index contributed by atoms with van der Waals surface area (Å²) < 4.78 is 16.8. The Morgan fingerprint density at radius 3 is 2.48 bits per heavy atom. The number of carbonyl (C=O) groups excluding carboxylic acids is 2. The molecular weight excluding hydrogens is 394 g/mol. The molecule has 3 rings (SSSR count). The average molecular weight is 421 g/mol. The number of rotatable bonds is 7. The molecule has 0 fully saturated rings. The Morgan fingerprint density at radius 2 is 1.81 bits per heavy atom. The van der Waals surface area contributed by atoms with E-state index in [2.05, 4.69) is 5.32 Å². The topological polar surface area (TPSA) is 73.9 Å². The van der Waals surface area contributed by atoms with Crippen molar-refractivity contribution in [1.29, 1.82) is 0 Å². The van der Waals surface area contributed by atoms with Crippen molar-refractivity contribution in [2.75, 3.05) is 19.5 Å². The van der Waals surface area contributed by atoms with E-state index in [1.165, 1.54) is 6.08 Å². The third-order valence-corrected chi connectivity index (χ3v) is 4.90. The highest BCUT2D eigenvalue weighted by Crippen LogP contribution is 2.40. The minimum Gasteiger partial charge on any atom is -0.496 e. The molecule has 2 aromatic rings. The minimum absolute atomic E-state index is 0.117. The molecule has 1 amide bonds. The van der Waals surface area contributed by atoms with Crippen LogP contribution in [0.2, 0.25) is 0 Å². The van der Waals surface area contributed by atoms with Crippen LogP contribution in [0.4, 0.5) is 5.69 Å². The number of anilines is 1. The number of nitrogens with one attached hydrogen (secondary N) is 1. The van der Waals surface area contributed by atoms with Crippen LogP contribution in [0.3, 0.4) is 0 Å². The third kappa shape index (κ3) is 4.97. The Bertz CT molecular complexity index is 1070. The smallest absolute Gasteiger partial charge is 0.224 e. The van der Waals surface area contributed by atoms with Gasteiger partial charge in [-0.2, -0.15) is 0 Å². The number of carbonyl (C=O) groups is 2. The van der Waals surface area contributed by atoms with Gasteiger partial charge in [-0.05, 0) is 61.9 Å². The van der Waals surface area contributed by atoms with Gasteiger partial charge in [0.15, 0.2) is 5.78 Å². The molecule has 6 heteroatoms. The molecule has 0 aromatic heterocycles. The highest BCUT2D eigenvalue weighted by Gasteiger charge is 2.27. The third-order valence-electron chi connectivity index (χ3n) is 4.90. The van der Waals surface area contributed by atoms with Gasteiger partial charge in [0.2, 0.25) is 5.91 Å². The number of ketones is 1. The fourth-order valence-electron chi connectivity index (χ4n) is 3.23. The Kier molecular flexibility index (Phi) is 6.49. The van der Waals surface area contributed by atoms with Crippen LogP contribution < -0.4 is 19.5 Å². The standard InChI is InChI=1S/C25H27NO5/c1-6-23(28)26-19-15-16(8-11-22(19)30-5)7-10-20(27)17-9-12-21(29-4)18-13-14-25(2,3)31-24(17)18/h7-15H,6H2,1-5H3,(H,26,28)/b10-7+. The van der Waals surface area contributed by atoms with Crippen LogP contribution in [0, 0.1) is 0 Å². The molecule has 0 radical (unpaired) electrons. The van der Waals surface area contributed by atoms with Crippen molar-refractivity contribution in [3.8, 4) is 17.2 Å². The highest BCUT2D eigenvalue weighted by atomic mass is 16.5. The van der Waals surface area contributed by atoms with Crippen molar-refractivity contribution in [2.45, 2.75) is 32.8 Å². The van der Waals surface area contributed by atoms with E-state index >= 15 is 0 Å². The molecule has 0 spiro atoms. The Hall–Kier alpha value is -3.54. The van der Waals surface area contributed by atoms with Crippen LogP contribution in [0.25, 0.3) is 12.2 Å². The molecule has 1 N–H and O–H groups in total. The fourth-order valence-corrected chi connectivity index (χ4v) is 3.23. The molecule has 1 aliphatic heterocycles. The first-order chi connectivity index (χ1) is 14.8. The van der Waals surface area contributed by atoms with Gasteiger partial charge >= 0.3 is 0 Å². The Balaban J connectivity index is 1.91. The largest absolute Gasteiger partial charge is 0.496 e. The minimum atomic E-state index is -0.527. The second-order valence-corrected chi connectivity index (χ2v) is 7.66. The van der Waals surface area contributed by atoms with E-state index in [1.807, 2.05) is 32.1 Å². The van der Waals surface area contributed by atoms with Crippen molar-refractivity contribution >= 4 is 29.5 Å². The lowest BCUT2D eigenvalue weighted by Gasteiger charge is -2.29. The van der Waals surface area contributed by atoms with Gasteiger partial charge in [0.25, 0.3) is 0 Å². The molecule has 0 saturated heterocycles. The summed E-state index contributed by atoms with van der Waals surface area (Å²) in [4.78, 5) is 24.8. The van der Waals surface area contributed by atoms with E-state index in [0.29, 0.717) is 34.9 Å². The lowest BCUT2D eigenvalue weighted by molar-refractivity contribution is -0.115. The summed E-state index contributed by atoms with van der Waals surface area (Å²) in [6.45, 7) is 5.64. The fraction of sp³-hybridized carbons (Fsp3) is 0.280. The van der Waals surface area contributed by atoms with Crippen molar-refractivity contribution in [1.82, 2.24) is 0 Å². The van der Waals surface area contributed by atoms with Crippen LogP contribution in [-0.4, -0.2) is 31.5 Å². The first-order valence-electron chi connectivity index (χ1n) is 10.1. The second kappa shape index (κ2) is 9.08. The van der Waals surface area contributed by atoms with Crippen molar-refractivity contribution in [2.24, 2.45) is 0 Å². The van der Waals surface area contributed by atoms with Gasteiger partial charge in [0, 0.05) is 6.42 Å². The molecule has 1 heterocycles. The Morgan fingerprint density at radius 1 is 1.10 bits per heavy atom. The van der Waals surface area contributed by atoms with Gasteiger partial charge in [-0.1, -0.05) is 19.1 Å². The van der Waals surface area contributed by atoms with E-state index in [1.54, 1.807) is 51.5 Å². The number of allylic oxidation sites excluding steroid dienone is 1. The van der Waals surface area contributed by atoms with Crippen LogP contribution in [0.1, 0.15) is 48.7 Å². The molecule has 0 bridgehead atoms. The van der Waals surface area contributed by atoms with Gasteiger partial charge < -0.3 is 19.5 Å². The molecule has 0 unspecified atom stereocenters. The van der Waals surface area contributed by atoms with Gasteiger partial charge in [0.05, 0.1) is 31.0 Å². The van der Waals surface area contributed by atoms with E-state index in [-0.39, 0.29) is 11.7 Å². The lowest BCUT2D eigenvalue weighted by atomic mass is 9.97. The maximum Gasteiger partial charge on any atom is 0.224 e. The van der Waals surface area contributed by atoms with Crippen LogP contribution in [-0.2, 0) is 4.79 Å². The number of methoxy groups -OCH3 is 2. The number of hydrogen-bond acceptors (Lipinski definition) is 5. The SMILES string of the molecule is CCC(=O)Nc1cc(/C=C/C(=O)c2ccc(OC)c3c2OC(C)(C)C=C3)ccc1OC. The molecule has 1 aliphatic rings. The van der Waals surface area contributed by atoms with E-state index in [0.717, 1.165) is 11.1 Å². The second-order valence-electron chi connectivity index (χ2n) is 7.66. The average Bonchev–Trinajstić information content (AvgIpc) is 2.75. The summed E-state index contributed by atoms with van der Waals surface area (Å²) in [7, 11) is 3.13. The van der Waals surface area contributed by atoms with Gasteiger partial charge in [-0.25, -0.2) is 0 Å². The number of amides is 1. The van der Waals surface area contributed by atoms with Gasteiger partial charge in [-0.15, -0.1) is 0 Å². The predicted octanol–water partition coefficient (Wildman–Crippen LogP) is 5.13. The normalized spacial score (nSPS) is 14.0. The van der Waals surface area contributed by atoms with Crippen LogP contribution in [0.15, 0.2) is 42.5 Å². The van der Waals surface area contributed by atoms with Crippen LogP contribution >= 0.6 is 0 Å². The summed E-state index contributed by atoms with van der Waals surface area (Å²) in [5.74, 6) is 1.39. The first-order valence-corrected chi connectivity index (χ1v) is 10.1. The van der Waals surface area contributed by atoms with Crippen molar-refractivity contribution in [3.05, 3.63) is 59.2 Å². The molecule has 0 aliphatic carbocycles. The molecule has 0 saturated carbocycles. The number of benzene rings is 2. The first kappa shape index (κ1) is 22.2. The maximum atomic E-state index is 13.0. The number of ether oxygens (including phenoxy) is 3. The predicted molar refractivity (Wildman–Crippen MR) is 122 cm³/mol. The molecule has 0 atom stereocenters. The molecule has 162 valence electrons. The number of fused-ring (bicyclic) bond motifs is 1.